The molecular formula is C16H11ClF6N2O4S. The Bertz CT molecular complexity index is 1040. The molecule has 0 heterocycles. The summed E-state index contributed by atoms with van der Waals surface area (Å²) in [6, 6.07) is 7.42. The molecule has 0 unspecified atom stereocenters. The maximum Gasteiger partial charge on any atom is 0.573 e. The number of nitrogens with one attached hydrogen (secondary N) is 1. The van der Waals surface area contributed by atoms with E-state index in [2.05, 4.69) is 9.89 Å². The van der Waals surface area contributed by atoms with Crippen molar-refractivity contribution in [2.75, 3.05) is 4.72 Å². The summed E-state index contributed by atoms with van der Waals surface area (Å²) in [4.78, 5) is 5.01. The van der Waals surface area contributed by atoms with Crippen LogP contribution < -0.4 is 14.3 Å². The Morgan fingerprint density at radius 2 is 1.57 bits per heavy atom. The Labute approximate surface area is 171 Å². The van der Waals surface area contributed by atoms with Crippen molar-refractivity contribution in [3.05, 3.63) is 53.1 Å². The molecule has 0 saturated carbocycles. The van der Waals surface area contributed by atoms with Crippen LogP contribution >= 0.6 is 11.6 Å². The number of hydrogen-bond donors (Lipinski definition) is 1. The number of oxime groups is 1. The molecule has 0 aliphatic carbocycles. The highest BCUT2D eigenvalue weighted by atomic mass is 35.5. The molecule has 0 aromatic heterocycles. The van der Waals surface area contributed by atoms with E-state index in [4.69, 9.17) is 16.4 Å². The van der Waals surface area contributed by atoms with Gasteiger partial charge in [0.25, 0.3) is 0 Å². The van der Waals surface area contributed by atoms with Gasteiger partial charge in [-0.15, -0.1) is 13.2 Å². The van der Waals surface area contributed by atoms with Gasteiger partial charge in [-0.1, -0.05) is 16.8 Å². The smallest absolute Gasteiger partial charge is 0.406 e. The third-order valence-electron chi connectivity index (χ3n) is 3.27. The number of ether oxygens (including phenoxy) is 1. The Kier molecular flexibility index (Phi) is 6.76. The molecule has 6 nitrogen and oxygen atoms in total. The number of anilines is 1. The van der Waals surface area contributed by atoms with Gasteiger partial charge in [0.1, 0.15) is 5.75 Å². The summed E-state index contributed by atoms with van der Waals surface area (Å²) in [7, 11) is -5.70. The fourth-order valence-corrected chi connectivity index (χ4v) is 2.74. The van der Waals surface area contributed by atoms with Crippen molar-refractivity contribution in [3.8, 4) is 11.5 Å². The molecule has 0 radical (unpaired) electrons. The molecule has 2 aromatic carbocycles. The SMILES string of the molecule is C/C(=N\Oc1ccc(OC(F)(F)F)cc1)c1cc(Cl)ccc1NS(=O)(=O)C(F)(F)F. The second-order valence-electron chi connectivity index (χ2n) is 5.53. The Morgan fingerprint density at radius 1 is 1.00 bits per heavy atom. The highest BCUT2D eigenvalue weighted by Crippen LogP contribution is 2.29. The van der Waals surface area contributed by atoms with Crippen LogP contribution in [0.1, 0.15) is 12.5 Å². The van der Waals surface area contributed by atoms with Gasteiger partial charge in [0.05, 0.1) is 11.4 Å². The minimum Gasteiger partial charge on any atom is -0.406 e. The van der Waals surface area contributed by atoms with Crippen LogP contribution in [0.25, 0.3) is 0 Å². The second kappa shape index (κ2) is 8.60. The van der Waals surface area contributed by atoms with Crippen molar-refractivity contribution in [3.63, 3.8) is 0 Å². The summed E-state index contributed by atoms with van der Waals surface area (Å²) >= 11 is 5.81. The Balaban J connectivity index is 2.25. The summed E-state index contributed by atoms with van der Waals surface area (Å²) in [5.74, 6) is -0.530. The first-order valence-electron chi connectivity index (χ1n) is 7.64. The van der Waals surface area contributed by atoms with Crippen molar-refractivity contribution < 1.29 is 44.3 Å². The number of nitrogens with zero attached hydrogens (tertiary/aromatic N) is 1. The molecule has 0 aliphatic rings. The molecule has 0 bridgehead atoms. The van der Waals surface area contributed by atoms with Crippen LogP contribution in [0.2, 0.25) is 5.02 Å². The number of rotatable bonds is 6. The predicted molar refractivity (Wildman–Crippen MR) is 96.0 cm³/mol. The maximum absolute atomic E-state index is 12.6. The Morgan fingerprint density at radius 3 is 2.10 bits per heavy atom. The van der Waals surface area contributed by atoms with Gasteiger partial charge in [0, 0.05) is 10.6 Å². The van der Waals surface area contributed by atoms with E-state index in [0.717, 1.165) is 42.5 Å². The lowest BCUT2D eigenvalue weighted by Crippen LogP contribution is -2.30. The fourth-order valence-electron chi connectivity index (χ4n) is 1.98. The van der Waals surface area contributed by atoms with Gasteiger partial charge in [-0.2, -0.15) is 21.6 Å². The van der Waals surface area contributed by atoms with Crippen LogP contribution in [0, 0.1) is 0 Å². The topological polar surface area (TPSA) is 77.0 Å². The van der Waals surface area contributed by atoms with E-state index in [1.54, 1.807) is 0 Å². The molecule has 30 heavy (non-hydrogen) atoms. The largest absolute Gasteiger partial charge is 0.573 e. The second-order valence-corrected chi connectivity index (χ2v) is 7.64. The average Bonchev–Trinajstić information content (AvgIpc) is 2.60. The van der Waals surface area contributed by atoms with Crippen LogP contribution in [0.5, 0.6) is 11.5 Å². The molecule has 14 heteroatoms. The van der Waals surface area contributed by atoms with Crippen molar-refractivity contribution in [2.45, 2.75) is 18.8 Å². The third kappa shape index (κ3) is 6.42. The van der Waals surface area contributed by atoms with E-state index in [1.807, 2.05) is 0 Å². The highest BCUT2D eigenvalue weighted by Gasteiger charge is 2.46. The van der Waals surface area contributed by atoms with Crippen LogP contribution in [0.15, 0.2) is 47.6 Å². The summed E-state index contributed by atoms with van der Waals surface area (Å²) < 4.78 is 102. The van der Waals surface area contributed by atoms with Gasteiger partial charge in [0.2, 0.25) is 0 Å². The zero-order chi connectivity index (χ0) is 22.7. The number of halogens is 7. The molecule has 164 valence electrons. The molecule has 0 atom stereocenters. The van der Waals surface area contributed by atoms with Gasteiger partial charge < -0.3 is 9.57 Å². The van der Waals surface area contributed by atoms with Gasteiger partial charge in [-0.3, -0.25) is 4.72 Å². The zero-order valence-electron chi connectivity index (χ0n) is 14.7. The van der Waals surface area contributed by atoms with Crippen molar-refractivity contribution in [2.24, 2.45) is 5.16 Å². The number of sulfonamides is 1. The lowest BCUT2D eigenvalue weighted by Gasteiger charge is -2.14. The van der Waals surface area contributed by atoms with Crippen molar-refractivity contribution in [1.29, 1.82) is 0 Å². The molecular weight excluding hydrogens is 466 g/mol. The zero-order valence-corrected chi connectivity index (χ0v) is 16.2. The lowest BCUT2D eigenvalue weighted by molar-refractivity contribution is -0.274. The number of benzene rings is 2. The number of alkyl halides is 6. The monoisotopic (exact) mass is 476 g/mol. The molecule has 0 amide bonds. The Hall–Kier alpha value is -2.67. The highest BCUT2D eigenvalue weighted by molar-refractivity contribution is 7.93. The first kappa shape index (κ1) is 23.6. The molecule has 2 aromatic rings. The van der Waals surface area contributed by atoms with E-state index < -0.39 is 33.3 Å². The molecule has 0 spiro atoms. The molecule has 0 saturated heterocycles. The molecule has 0 aliphatic heterocycles. The van der Waals surface area contributed by atoms with E-state index in [-0.39, 0.29) is 22.0 Å². The standard InChI is InChI=1S/C16H11ClF6N2O4S/c1-9(24-29-12-5-3-11(4-6-12)28-15(18,19)20)13-8-10(17)2-7-14(13)25-30(26,27)16(21,22)23/h2-8,25H,1H3/b24-9+. The van der Waals surface area contributed by atoms with Crippen LogP contribution in [0.3, 0.4) is 0 Å². The summed E-state index contributed by atoms with van der Waals surface area (Å²) in [5, 5.41) is 3.71. The van der Waals surface area contributed by atoms with Gasteiger partial charge in [-0.05, 0) is 49.4 Å². The predicted octanol–water partition coefficient (Wildman–Crippen LogP) is 5.30. The van der Waals surface area contributed by atoms with E-state index in [1.165, 1.54) is 11.6 Å². The number of hydrogen-bond acceptors (Lipinski definition) is 5. The van der Waals surface area contributed by atoms with Gasteiger partial charge in [0.15, 0.2) is 5.75 Å². The van der Waals surface area contributed by atoms with Crippen LogP contribution in [0.4, 0.5) is 32.0 Å². The van der Waals surface area contributed by atoms with Crippen LogP contribution in [-0.4, -0.2) is 26.0 Å². The van der Waals surface area contributed by atoms with E-state index in [0.29, 0.717) is 0 Å². The summed E-state index contributed by atoms with van der Waals surface area (Å²) in [6.07, 6.45) is -4.87. The minimum absolute atomic E-state index is 0.0247. The molecule has 0 fully saturated rings. The third-order valence-corrected chi connectivity index (χ3v) is 4.60. The lowest BCUT2D eigenvalue weighted by atomic mass is 10.1. The normalized spacial score (nSPS) is 13.1. The maximum atomic E-state index is 12.6. The van der Waals surface area contributed by atoms with Gasteiger partial charge in [-0.25, -0.2) is 0 Å². The summed E-state index contributed by atoms with van der Waals surface area (Å²) in [5.41, 5.74) is -6.21. The fraction of sp³-hybridized carbons (Fsp3) is 0.188. The van der Waals surface area contributed by atoms with Gasteiger partial charge >= 0.3 is 21.9 Å². The van der Waals surface area contributed by atoms with E-state index in [9.17, 15) is 34.8 Å². The first-order valence-corrected chi connectivity index (χ1v) is 9.50. The molecule has 1 N–H and O–H groups in total. The van der Waals surface area contributed by atoms with Crippen molar-refractivity contribution in [1.82, 2.24) is 0 Å². The average molecular weight is 477 g/mol. The first-order chi connectivity index (χ1) is 13.7. The van der Waals surface area contributed by atoms with E-state index >= 15 is 0 Å². The van der Waals surface area contributed by atoms with Crippen LogP contribution in [-0.2, 0) is 10.0 Å². The minimum atomic E-state index is -5.70. The quantitative estimate of drug-likeness (QED) is 0.348. The summed E-state index contributed by atoms with van der Waals surface area (Å²) in [6.45, 7) is 1.29. The van der Waals surface area contributed by atoms with Crippen molar-refractivity contribution >= 4 is 33.0 Å². The molecule has 2 rings (SSSR count).